The minimum absolute atomic E-state index is 0.284. The van der Waals surface area contributed by atoms with Crippen LogP contribution in [-0.2, 0) is 0 Å². The van der Waals surface area contributed by atoms with Crippen LogP contribution in [0.2, 0.25) is 10.0 Å². The average Bonchev–Trinajstić information content (AvgIpc) is 3.21. The summed E-state index contributed by atoms with van der Waals surface area (Å²) in [6.45, 7) is 3.71. The van der Waals surface area contributed by atoms with E-state index in [0.29, 0.717) is 25.9 Å². The van der Waals surface area contributed by atoms with E-state index < -0.39 is 16.9 Å². The summed E-state index contributed by atoms with van der Waals surface area (Å²) in [4.78, 5) is 12.6. The van der Waals surface area contributed by atoms with Crippen molar-refractivity contribution in [1.29, 1.82) is 0 Å². The first-order valence-electron chi connectivity index (χ1n) is 8.03. The van der Waals surface area contributed by atoms with E-state index in [1.807, 2.05) is 13.8 Å². The maximum absolute atomic E-state index is 12.6. The molecule has 148 valence electrons. The number of carbonyl (C=O) groups is 1. The molecule has 1 aromatic carbocycles. The van der Waals surface area contributed by atoms with Gasteiger partial charge in [0.15, 0.2) is 10.5 Å². The third-order valence-corrected chi connectivity index (χ3v) is 6.13. The second kappa shape index (κ2) is 8.30. The number of amides is 2. The zero-order valence-corrected chi connectivity index (χ0v) is 17.9. The smallest absolute Gasteiger partial charge is 0.347 e. The van der Waals surface area contributed by atoms with E-state index in [1.165, 1.54) is 35.3 Å². The van der Waals surface area contributed by atoms with Gasteiger partial charge in [0.2, 0.25) is 0 Å². The number of rotatable bonds is 4. The molecule has 1 aliphatic rings. The van der Waals surface area contributed by atoms with Crippen LogP contribution in [0.15, 0.2) is 46.1 Å². The van der Waals surface area contributed by atoms with Gasteiger partial charge < -0.3 is 9.73 Å². The molecule has 2 amide bonds. The molecule has 2 N–H and O–H groups in total. The lowest BCUT2D eigenvalue weighted by Gasteiger charge is -2.34. The lowest BCUT2D eigenvalue weighted by molar-refractivity contribution is -0.114. The van der Waals surface area contributed by atoms with Crippen molar-refractivity contribution in [2.45, 2.75) is 24.8 Å². The van der Waals surface area contributed by atoms with E-state index >= 15 is 0 Å². The first-order chi connectivity index (χ1) is 13.2. The Morgan fingerprint density at radius 2 is 2.18 bits per heavy atom. The highest BCUT2D eigenvalue weighted by atomic mass is 35.5. The molecule has 11 heteroatoms. The van der Waals surface area contributed by atoms with Crippen molar-refractivity contribution >= 4 is 69.4 Å². The lowest BCUT2D eigenvalue weighted by atomic mass is 10.1. The number of hydroxylamine groups is 2. The molecule has 28 heavy (non-hydrogen) atoms. The summed E-state index contributed by atoms with van der Waals surface area (Å²) in [5.41, 5.74) is 0.384. The van der Waals surface area contributed by atoms with Crippen molar-refractivity contribution in [3.8, 4) is 0 Å². The van der Waals surface area contributed by atoms with E-state index in [4.69, 9.17) is 39.8 Å². The molecular weight excluding hydrogens is 443 g/mol. The minimum atomic E-state index is -0.848. The monoisotopic (exact) mass is 458 g/mol. The van der Waals surface area contributed by atoms with Crippen molar-refractivity contribution in [1.82, 2.24) is 10.1 Å². The van der Waals surface area contributed by atoms with Crippen LogP contribution in [0.1, 0.15) is 19.6 Å². The van der Waals surface area contributed by atoms with E-state index in [1.54, 1.807) is 24.3 Å². The largest absolute Gasteiger partial charge is 0.463 e. The Balaban J connectivity index is 1.81. The predicted octanol–water partition coefficient (Wildman–Crippen LogP) is 5.28. The number of benzene rings is 1. The molecule has 3 rings (SSSR count). The van der Waals surface area contributed by atoms with Gasteiger partial charge in [-0.1, -0.05) is 47.2 Å². The summed E-state index contributed by atoms with van der Waals surface area (Å²) in [5, 5.41) is 20.1. The summed E-state index contributed by atoms with van der Waals surface area (Å²) in [6, 6.07) is 7.30. The van der Waals surface area contributed by atoms with Crippen molar-refractivity contribution in [3.63, 3.8) is 0 Å². The number of halogens is 2. The zero-order chi connectivity index (χ0) is 20.5. The van der Waals surface area contributed by atoms with Crippen LogP contribution >= 0.6 is 47.2 Å². The molecule has 7 nitrogen and oxygen atoms in total. The maximum Gasteiger partial charge on any atom is 0.347 e. The van der Waals surface area contributed by atoms with Gasteiger partial charge in [-0.3, -0.25) is 5.21 Å². The normalized spacial score (nSPS) is 18.7. The van der Waals surface area contributed by atoms with Gasteiger partial charge in [0.1, 0.15) is 5.76 Å². The maximum atomic E-state index is 12.6. The number of hydrazone groups is 1. The highest BCUT2D eigenvalue weighted by Crippen LogP contribution is 2.42. The number of furan rings is 1. The van der Waals surface area contributed by atoms with E-state index in [9.17, 15) is 10.0 Å². The Kier molecular flexibility index (Phi) is 6.21. The van der Waals surface area contributed by atoms with Gasteiger partial charge in [-0.2, -0.15) is 10.2 Å². The van der Waals surface area contributed by atoms with Crippen LogP contribution in [0.25, 0.3) is 0 Å². The molecule has 0 unspecified atom stereocenters. The molecule has 0 spiro atoms. The van der Waals surface area contributed by atoms with Gasteiger partial charge in [0.05, 0.1) is 27.3 Å². The number of thiocarbonyl (C=S) groups is 1. The molecule has 2 heterocycles. The lowest BCUT2D eigenvalue weighted by Crippen LogP contribution is -2.54. The zero-order valence-electron chi connectivity index (χ0n) is 14.8. The molecule has 2 aromatic rings. The minimum Gasteiger partial charge on any atom is -0.463 e. The number of thioether (sulfide) groups is 1. The summed E-state index contributed by atoms with van der Waals surface area (Å²) in [5.74, 6) is 0.515. The van der Waals surface area contributed by atoms with Crippen molar-refractivity contribution in [2.24, 2.45) is 5.10 Å². The van der Waals surface area contributed by atoms with Crippen LogP contribution in [0.5, 0.6) is 0 Å². The number of hydrogen-bond donors (Lipinski definition) is 2. The Hall–Kier alpha value is -1.78. The fraction of sp³-hybridized carbons (Fsp3) is 0.235. The van der Waals surface area contributed by atoms with Crippen LogP contribution in [-0.4, -0.2) is 42.8 Å². The summed E-state index contributed by atoms with van der Waals surface area (Å²) < 4.78 is 5.01. The number of nitrogens with zero attached hydrogens (tertiary/aromatic N) is 3. The van der Waals surface area contributed by atoms with Gasteiger partial charge in [-0.15, -0.1) is 0 Å². The molecule has 0 aliphatic carbocycles. The van der Waals surface area contributed by atoms with Gasteiger partial charge in [-0.05, 0) is 44.2 Å². The van der Waals surface area contributed by atoms with E-state index in [0.717, 1.165) is 0 Å². The Morgan fingerprint density at radius 3 is 2.82 bits per heavy atom. The Bertz CT molecular complexity index is 921. The third kappa shape index (κ3) is 4.44. The fourth-order valence-electron chi connectivity index (χ4n) is 2.58. The van der Waals surface area contributed by atoms with E-state index in [2.05, 4.69) is 10.4 Å². The Labute approximate surface area is 181 Å². The molecule has 0 saturated carbocycles. The number of nitrogens with one attached hydrogen (secondary N) is 1. The van der Waals surface area contributed by atoms with Crippen molar-refractivity contribution < 1.29 is 14.4 Å². The first kappa shape index (κ1) is 20.9. The topological polar surface area (TPSA) is 81.3 Å². The average molecular weight is 459 g/mol. The summed E-state index contributed by atoms with van der Waals surface area (Å²) >= 11 is 18.5. The molecule has 1 atom stereocenters. The van der Waals surface area contributed by atoms with Crippen molar-refractivity contribution in [3.05, 3.63) is 52.4 Å². The molecular formula is C17H16Cl2N4O3S2. The molecule has 1 aromatic heterocycles. The first-order valence-corrected chi connectivity index (χ1v) is 10.0. The van der Waals surface area contributed by atoms with Gasteiger partial charge in [0, 0.05) is 5.69 Å². The van der Waals surface area contributed by atoms with Gasteiger partial charge in [0.25, 0.3) is 0 Å². The SMILES string of the molecule is CC1(C)SC(=S)N(/N=C\c2ccco2)[C@H]1N(O)C(=O)Nc1ccc(Cl)c(Cl)c1. The van der Waals surface area contributed by atoms with Crippen LogP contribution in [0, 0.1) is 0 Å². The fourth-order valence-corrected chi connectivity index (χ4v) is 4.66. The summed E-state index contributed by atoms with van der Waals surface area (Å²) in [7, 11) is 0. The molecule has 1 aliphatic heterocycles. The van der Waals surface area contributed by atoms with Crippen LogP contribution < -0.4 is 5.32 Å². The second-order valence-electron chi connectivity index (χ2n) is 6.35. The number of urea groups is 1. The van der Waals surface area contributed by atoms with Crippen molar-refractivity contribution in [2.75, 3.05) is 5.32 Å². The van der Waals surface area contributed by atoms with Crippen LogP contribution in [0.4, 0.5) is 10.5 Å². The van der Waals surface area contributed by atoms with Crippen LogP contribution in [0.3, 0.4) is 0 Å². The number of hydrogen-bond acceptors (Lipinski definition) is 6. The van der Waals surface area contributed by atoms with E-state index in [-0.39, 0.29) is 5.02 Å². The standard InChI is InChI=1S/C17H16Cl2N4O3S2/c1-17(2)14(22(16(27)28-17)20-9-11-4-3-7-26-11)23(25)15(24)21-10-5-6-12(18)13(19)8-10/h3-9,14,25H,1-2H3,(H,21,24)/b20-9-/t14-/m0/s1. The quantitative estimate of drug-likeness (QED) is 0.280. The highest BCUT2D eigenvalue weighted by Gasteiger charge is 2.50. The molecule has 1 fully saturated rings. The van der Waals surface area contributed by atoms with Gasteiger partial charge >= 0.3 is 6.03 Å². The second-order valence-corrected chi connectivity index (χ2v) is 9.46. The highest BCUT2D eigenvalue weighted by molar-refractivity contribution is 8.24. The third-order valence-electron chi connectivity index (χ3n) is 3.85. The summed E-state index contributed by atoms with van der Waals surface area (Å²) in [6.07, 6.45) is 2.13. The molecule has 0 radical (unpaired) electrons. The Morgan fingerprint density at radius 1 is 1.43 bits per heavy atom. The molecule has 1 saturated heterocycles. The number of anilines is 1. The number of carbonyl (C=O) groups excluding carboxylic acids is 1. The molecule has 0 bridgehead atoms. The van der Waals surface area contributed by atoms with Gasteiger partial charge in [-0.25, -0.2) is 9.80 Å². The predicted molar refractivity (Wildman–Crippen MR) is 115 cm³/mol.